The monoisotopic (exact) mass is 133 g/mol. The molecule has 0 fully saturated rings. The zero-order chi connectivity index (χ0) is 7.11. The van der Waals surface area contributed by atoms with Crippen molar-refractivity contribution in [3.8, 4) is 0 Å². The number of carbonyl (C=O) groups is 1. The van der Waals surface area contributed by atoms with Crippen molar-refractivity contribution >= 4 is 6.47 Å². The second-order valence-corrected chi connectivity index (χ2v) is 1.64. The van der Waals surface area contributed by atoms with Crippen molar-refractivity contribution < 1.29 is 14.6 Å². The molecule has 0 radical (unpaired) electrons. The molecular formula is C5H11NO3. The smallest absolute Gasteiger partial charge is 0.293 e. The van der Waals surface area contributed by atoms with Crippen LogP contribution in [0.2, 0.25) is 0 Å². The van der Waals surface area contributed by atoms with E-state index in [1.54, 1.807) is 7.05 Å². The third kappa shape index (κ3) is 5.26. The number of ether oxygens (including phenoxy) is 1. The molecule has 0 aliphatic heterocycles. The van der Waals surface area contributed by atoms with Crippen LogP contribution in [0.3, 0.4) is 0 Å². The molecule has 0 aromatic heterocycles. The van der Waals surface area contributed by atoms with Crippen LogP contribution in [0.15, 0.2) is 0 Å². The number of aliphatic hydroxyl groups is 1. The Balaban J connectivity index is 3.04. The number of likely N-dealkylation sites (N-methyl/N-ethyl adjacent to an activating group) is 1. The van der Waals surface area contributed by atoms with Crippen molar-refractivity contribution in [1.82, 2.24) is 5.32 Å². The van der Waals surface area contributed by atoms with Gasteiger partial charge in [0.1, 0.15) is 12.7 Å². The Labute approximate surface area is 53.8 Å². The van der Waals surface area contributed by atoms with E-state index in [0.717, 1.165) is 0 Å². The van der Waals surface area contributed by atoms with E-state index in [-0.39, 0.29) is 6.61 Å². The molecule has 0 aromatic carbocycles. The van der Waals surface area contributed by atoms with Gasteiger partial charge in [-0.3, -0.25) is 4.79 Å². The summed E-state index contributed by atoms with van der Waals surface area (Å²) in [6.45, 7) is 0.817. The molecule has 0 saturated heterocycles. The van der Waals surface area contributed by atoms with Gasteiger partial charge in [0.15, 0.2) is 0 Å². The van der Waals surface area contributed by atoms with Crippen molar-refractivity contribution in [2.24, 2.45) is 0 Å². The minimum atomic E-state index is -0.597. The first-order valence-electron chi connectivity index (χ1n) is 2.69. The van der Waals surface area contributed by atoms with Crippen LogP contribution in [0, 0.1) is 0 Å². The summed E-state index contributed by atoms with van der Waals surface area (Å²) in [4.78, 5) is 9.56. The average molecular weight is 133 g/mol. The van der Waals surface area contributed by atoms with Crippen LogP contribution >= 0.6 is 0 Å². The molecule has 9 heavy (non-hydrogen) atoms. The van der Waals surface area contributed by atoms with Gasteiger partial charge in [-0.15, -0.1) is 0 Å². The first kappa shape index (κ1) is 8.39. The van der Waals surface area contributed by atoms with Crippen molar-refractivity contribution in [3.63, 3.8) is 0 Å². The summed E-state index contributed by atoms with van der Waals surface area (Å²) >= 11 is 0. The molecule has 0 spiro atoms. The number of aliphatic hydroxyl groups excluding tert-OH is 1. The van der Waals surface area contributed by atoms with Gasteiger partial charge in [-0.1, -0.05) is 0 Å². The molecular weight excluding hydrogens is 122 g/mol. The van der Waals surface area contributed by atoms with Gasteiger partial charge < -0.3 is 15.2 Å². The fourth-order valence-electron chi connectivity index (χ4n) is 0.445. The summed E-state index contributed by atoms with van der Waals surface area (Å²) in [6.07, 6.45) is -0.597. The Kier molecular flexibility index (Phi) is 5.15. The predicted octanol–water partition coefficient (Wildman–Crippen LogP) is -1.26. The fraction of sp³-hybridized carbons (Fsp3) is 0.800. The number of nitrogens with one attached hydrogen (secondary N) is 1. The minimum Gasteiger partial charge on any atom is -0.465 e. The van der Waals surface area contributed by atoms with Gasteiger partial charge in [0.05, 0.1) is 0 Å². The normalized spacial score (nSPS) is 12.7. The molecule has 4 nitrogen and oxygen atoms in total. The highest BCUT2D eigenvalue weighted by Gasteiger charge is 1.99. The molecule has 0 heterocycles. The summed E-state index contributed by atoms with van der Waals surface area (Å²) in [6, 6.07) is 0. The SMILES string of the molecule is CNCC(O)COC=O. The summed E-state index contributed by atoms with van der Waals surface area (Å²) in [5, 5.41) is 11.6. The van der Waals surface area contributed by atoms with Crippen LogP contribution in [0.25, 0.3) is 0 Å². The molecule has 0 aliphatic carbocycles. The highest BCUT2D eigenvalue weighted by atomic mass is 16.5. The first-order valence-corrected chi connectivity index (χ1v) is 2.69. The van der Waals surface area contributed by atoms with Gasteiger partial charge in [-0.05, 0) is 7.05 Å². The van der Waals surface area contributed by atoms with E-state index in [0.29, 0.717) is 13.0 Å². The molecule has 54 valence electrons. The Morgan fingerprint density at radius 2 is 2.56 bits per heavy atom. The number of rotatable bonds is 5. The maximum Gasteiger partial charge on any atom is 0.293 e. The molecule has 0 saturated carbocycles. The Morgan fingerprint density at radius 1 is 1.89 bits per heavy atom. The van der Waals surface area contributed by atoms with Crippen molar-refractivity contribution in [3.05, 3.63) is 0 Å². The lowest BCUT2D eigenvalue weighted by atomic mass is 10.4. The lowest BCUT2D eigenvalue weighted by Gasteiger charge is -2.06. The number of hydrogen-bond acceptors (Lipinski definition) is 4. The molecule has 4 heteroatoms. The highest BCUT2D eigenvalue weighted by molar-refractivity contribution is 5.36. The van der Waals surface area contributed by atoms with Crippen molar-refractivity contribution in [2.45, 2.75) is 6.10 Å². The molecule has 1 unspecified atom stereocenters. The van der Waals surface area contributed by atoms with Gasteiger partial charge >= 0.3 is 0 Å². The maximum absolute atomic E-state index is 9.56. The molecule has 0 aromatic rings. The molecule has 2 N–H and O–H groups in total. The van der Waals surface area contributed by atoms with Gasteiger partial charge in [0, 0.05) is 6.54 Å². The fourth-order valence-corrected chi connectivity index (χ4v) is 0.445. The summed E-state index contributed by atoms with van der Waals surface area (Å²) in [5.74, 6) is 0. The lowest BCUT2D eigenvalue weighted by molar-refractivity contribution is -0.131. The zero-order valence-electron chi connectivity index (χ0n) is 5.33. The van der Waals surface area contributed by atoms with E-state index >= 15 is 0 Å². The maximum atomic E-state index is 9.56. The second-order valence-electron chi connectivity index (χ2n) is 1.64. The number of carbonyl (C=O) groups excluding carboxylic acids is 1. The number of hydrogen-bond donors (Lipinski definition) is 2. The van der Waals surface area contributed by atoms with Crippen molar-refractivity contribution in [1.29, 1.82) is 0 Å². The standard InChI is InChI=1S/C5H11NO3/c1-6-2-5(8)3-9-4-7/h4-6,8H,2-3H2,1H3. The summed E-state index contributed by atoms with van der Waals surface area (Å²) < 4.78 is 4.28. The molecule has 0 amide bonds. The van der Waals surface area contributed by atoms with Crippen LogP contribution < -0.4 is 5.32 Å². The van der Waals surface area contributed by atoms with Gasteiger partial charge in [0.2, 0.25) is 0 Å². The molecule has 0 aliphatic rings. The first-order chi connectivity index (χ1) is 4.31. The molecule has 1 atom stereocenters. The third-order valence-electron chi connectivity index (χ3n) is 0.796. The lowest BCUT2D eigenvalue weighted by Crippen LogP contribution is -2.27. The van der Waals surface area contributed by atoms with Crippen LogP contribution in [0.4, 0.5) is 0 Å². The largest absolute Gasteiger partial charge is 0.465 e. The Bertz CT molecular complexity index is 76.6. The molecule has 0 bridgehead atoms. The van der Waals surface area contributed by atoms with E-state index in [1.165, 1.54) is 0 Å². The predicted molar refractivity (Wildman–Crippen MR) is 31.9 cm³/mol. The van der Waals surface area contributed by atoms with Crippen LogP contribution in [-0.4, -0.2) is 37.9 Å². The highest BCUT2D eigenvalue weighted by Crippen LogP contribution is 1.78. The Hall–Kier alpha value is -0.610. The van der Waals surface area contributed by atoms with Crippen LogP contribution in [0.5, 0.6) is 0 Å². The summed E-state index contributed by atoms with van der Waals surface area (Å²) in [5.41, 5.74) is 0. The third-order valence-corrected chi connectivity index (χ3v) is 0.796. The average Bonchev–Trinajstić information content (AvgIpc) is 1.85. The van der Waals surface area contributed by atoms with E-state index in [9.17, 15) is 4.79 Å². The van der Waals surface area contributed by atoms with Crippen LogP contribution in [-0.2, 0) is 9.53 Å². The minimum absolute atomic E-state index is 0.0599. The summed E-state index contributed by atoms with van der Waals surface area (Å²) in [7, 11) is 1.71. The Morgan fingerprint density at radius 3 is 3.00 bits per heavy atom. The van der Waals surface area contributed by atoms with E-state index < -0.39 is 6.10 Å². The second kappa shape index (κ2) is 5.53. The van der Waals surface area contributed by atoms with Gasteiger partial charge in [-0.2, -0.15) is 0 Å². The van der Waals surface area contributed by atoms with Crippen LogP contribution in [0.1, 0.15) is 0 Å². The van der Waals surface area contributed by atoms with E-state index in [2.05, 4.69) is 10.1 Å². The topological polar surface area (TPSA) is 58.6 Å². The van der Waals surface area contributed by atoms with Gasteiger partial charge in [-0.25, -0.2) is 0 Å². The molecule has 0 rings (SSSR count). The van der Waals surface area contributed by atoms with E-state index in [4.69, 9.17) is 5.11 Å². The zero-order valence-corrected chi connectivity index (χ0v) is 5.33. The quantitative estimate of drug-likeness (QED) is 0.459. The van der Waals surface area contributed by atoms with Gasteiger partial charge in [0.25, 0.3) is 6.47 Å². The van der Waals surface area contributed by atoms with E-state index in [1.807, 2.05) is 0 Å². The van der Waals surface area contributed by atoms with Crippen molar-refractivity contribution in [2.75, 3.05) is 20.2 Å².